The average Bonchev–Trinajstić information content (AvgIpc) is 2.84. The fraction of sp³-hybridized carbons (Fsp3) is 0.188. The molecule has 1 aromatic carbocycles. The van der Waals surface area contributed by atoms with Crippen molar-refractivity contribution in [2.45, 2.75) is 6.04 Å². The van der Waals surface area contributed by atoms with E-state index < -0.39 is 18.5 Å². The second-order valence-corrected chi connectivity index (χ2v) is 5.16. The Labute approximate surface area is 132 Å². The number of para-hydroxylation sites is 1. The topological polar surface area (TPSA) is 102 Å². The van der Waals surface area contributed by atoms with Crippen LogP contribution < -0.4 is 5.43 Å². The summed E-state index contributed by atoms with van der Waals surface area (Å²) in [6.07, 6.45) is 7.17. The highest BCUT2D eigenvalue weighted by Crippen LogP contribution is 2.27. The van der Waals surface area contributed by atoms with Crippen molar-refractivity contribution in [2.75, 3.05) is 6.73 Å². The molecule has 0 bridgehead atoms. The van der Waals surface area contributed by atoms with Crippen molar-refractivity contribution in [1.82, 2.24) is 10.3 Å². The maximum Gasteiger partial charge on any atom is 0.275 e. The predicted octanol–water partition coefficient (Wildman–Crippen LogP) is 0.381. The van der Waals surface area contributed by atoms with Crippen molar-refractivity contribution in [3.63, 3.8) is 0 Å². The van der Waals surface area contributed by atoms with Gasteiger partial charge in [0.25, 0.3) is 11.8 Å². The van der Waals surface area contributed by atoms with Gasteiger partial charge in [-0.1, -0.05) is 36.4 Å². The number of carbonyl (C=O) groups is 2. The molecule has 1 heterocycles. The first kappa shape index (κ1) is 15.0. The van der Waals surface area contributed by atoms with Crippen molar-refractivity contribution in [1.29, 1.82) is 0 Å². The van der Waals surface area contributed by atoms with Gasteiger partial charge in [0.2, 0.25) is 0 Å². The predicted molar refractivity (Wildman–Crippen MR) is 82.5 cm³/mol. The first-order valence-corrected chi connectivity index (χ1v) is 7.06. The Hall–Kier alpha value is -2.93. The summed E-state index contributed by atoms with van der Waals surface area (Å²) in [5, 5.41) is 22.9. The van der Waals surface area contributed by atoms with Crippen LogP contribution in [0.4, 0.5) is 0 Å². The molecule has 0 spiro atoms. The molecule has 1 saturated heterocycles. The molecule has 2 atom stereocenters. The number of amides is 2. The standard InChI is InChI=1S/C16H15N3O4/c20-9-19-12-7-3-1-5-10(12)14(16(19)23)17-18-15(22)11-6-2-4-8-13(11)21/h1-8,10,12,20-21H,9H2,(H,18,22)/b17-14-. The molecule has 2 unspecified atom stereocenters. The number of aromatic hydroxyl groups is 1. The lowest BCUT2D eigenvalue weighted by Gasteiger charge is -2.22. The van der Waals surface area contributed by atoms with Crippen LogP contribution in [0.15, 0.2) is 53.7 Å². The van der Waals surface area contributed by atoms with Gasteiger partial charge in [-0.25, -0.2) is 5.43 Å². The summed E-state index contributed by atoms with van der Waals surface area (Å²) in [7, 11) is 0. The van der Waals surface area contributed by atoms with E-state index in [2.05, 4.69) is 10.5 Å². The molecule has 2 aliphatic rings. The third-order valence-electron chi connectivity index (χ3n) is 3.84. The molecule has 0 aromatic heterocycles. The first-order chi connectivity index (χ1) is 11.1. The van der Waals surface area contributed by atoms with Crippen LogP contribution in [0.5, 0.6) is 5.75 Å². The molecular formula is C16H15N3O4. The van der Waals surface area contributed by atoms with Crippen molar-refractivity contribution < 1.29 is 19.8 Å². The zero-order chi connectivity index (χ0) is 16.4. The molecule has 2 amide bonds. The second kappa shape index (κ2) is 6.05. The molecule has 3 rings (SSSR count). The number of fused-ring (bicyclic) bond motifs is 1. The molecular weight excluding hydrogens is 298 g/mol. The summed E-state index contributed by atoms with van der Waals surface area (Å²) < 4.78 is 0. The molecule has 1 fully saturated rings. The van der Waals surface area contributed by atoms with Gasteiger partial charge in [0.05, 0.1) is 17.5 Å². The number of likely N-dealkylation sites (tertiary alicyclic amines) is 1. The molecule has 1 aromatic rings. The summed E-state index contributed by atoms with van der Waals surface area (Å²) in [4.78, 5) is 25.6. The van der Waals surface area contributed by atoms with E-state index in [9.17, 15) is 19.8 Å². The highest BCUT2D eigenvalue weighted by molar-refractivity contribution is 6.42. The fourth-order valence-electron chi connectivity index (χ4n) is 2.69. The Balaban J connectivity index is 1.83. The Morgan fingerprint density at radius 2 is 2.00 bits per heavy atom. The zero-order valence-electron chi connectivity index (χ0n) is 12.1. The Kier molecular flexibility index (Phi) is 3.94. The average molecular weight is 313 g/mol. The lowest BCUT2D eigenvalue weighted by atomic mass is 9.94. The largest absolute Gasteiger partial charge is 0.507 e. The number of nitrogens with zero attached hydrogens (tertiary/aromatic N) is 2. The smallest absolute Gasteiger partial charge is 0.275 e. The van der Waals surface area contributed by atoms with E-state index >= 15 is 0 Å². The number of aliphatic hydroxyl groups excluding tert-OH is 1. The van der Waals surface area contributed by atoms with E-state index in [1.165, 1.54) is 17.0 Å². The van der Waals surface area contributed by atoms with Crippen molar-refractivity contribution in [3.05, 3.63) is 54.1 Å². The van der Waals surface area contributed by atoms with E-state index in [1.807, 2.05) is 0 Å². The van der Waals surface area contributed by atoms with Gasteiger partial charge in [0, 0.05) is 0 Å². The van der Waals surface area contributed by atoms with Crippen molar-refractivity contribution >= 4 is 17.5 Å². The minimum absolute atomic E-state index is 0.0666. The van der Waals surface area contributed by atoms with E-state index in [1.54, 1.807) is 36.4 Å². The van der Waals surface area contributed by atoms with Gasteiger partial charge in [0.15, 0.2) is 0 Å². The van der Waals surface area contributed by atoms with E-state index in [0.29, 0.717) is 0 Å². The van der Waals surface area contributed by atoms with Crippen LogP contribution in [0.2, 0.25) is 0 Å². The number of hydrogen-bond acceptors (Lipinski definition) is 5. The maximum atomic E-state index is 12.3. The molecule has 118 valence electrons. The molecule has 0 radical (unpaired) electrons. The number of carbonyl (C=O) groups excluding carboxylic acids is 2. The summed E-state index contributed by atoms with van der Waals surface area (Å²) in [6, 6.07) is 5.74. The van der Waals surface area contributed by atoms with Crippen molar-refractivity contribution in [3.8, 4) is 5.75 Å². The highest BCUT2D eigenvalue weighted by Gasteiger charge is 2.43. The fourth-order valence-corrected chi connectivity index (χ4v) is 2.69. The van der Waals surface area contributed by atoms with Crippen molar-refractivity contribution in [2.24, 2.45) is 11.0 Å². The molecule has 1 aliphatic carbocycles. The summed E-state index contributed by atoms with van der Waals surface area (Å²) >= 11 is 0. The van der Waals surface area contributed by atoms with Gasteiger partial charge in [-0.3, -0.25) is 9.59 Å². The molecule has 0 saturated carbocycles. The van der Waals surface area contributed by atoms with Gasteiger partial charge < -0.3 is 15.1 Å². The quantitative estimate of drug-likeness (QED) is 0.702. The third-order valence-corrected chi connectivity index (χ3v) is 3.84. The van der Waals surface area contributed by atoms with Crippen LogP contribution in [0.3, 0.4) is 0 Å². The molecule has 7 heteroatoms. The number of rotatable bonds is 3. The van der Waals surface area contributed by atoms with Crippen LogP contribution in [0.1, 0.15) is 10.4 Å². The minimum atomic E-state index is -0.613. The number of hydrazone groups is 1. The van der Waals surface area contributed by atoms with Gasteiger partial charge in [-0.15, -0.1) is 0 Å². The third kappa shape index (κ3) is 2.62. The molecule has 3 N–H and O–H groups in total. The number of nitrogens with one attached hydrogen (secondary N) is 1. The number of benzene rings is 1. The summed E-state index contributed by atoms with van der Waals surface area (Å²) in [6.45, 7) is -0.426. The number of hydrogen-bond donors (Lipinski definition) is 3. The Morgan fingerprint density at radius 3 is 2.74 bits per heavy atom. The maximum absolute atomic E-state index is 12.3. The number of phenolic OH excluding ortho intramolecular Hbond substituents is 1. The Bertz CT molecular complexity index is 739. The molecule has 23 heavy (non-hydrogen) atoms. The minimum Gasteiger partial charge on any atom is -0.507 e. The Morgan fingerprint density at radius 1 is 1.26 bits per heavy atom. The van der Waals surface area contributed by atoms with Crippen LogP contribution in [-0.2, 0) is 4.79 Å². The first-order valence-electron chi connectivity index (χ1n) is 7.06. The van der Waals surface area contributed by atoms with Gasteiger partial charge in [-0.05, 0) is 12.1 Å². The normalized spacial score (nSPS) is 24.1. The number of phenols is 1. The van der Waals surface area contributed by atoms with Gasteiger partial charge in [0.1, 0.15) is 18.2 Å². The lowest BCUT2D eigenvalue weighted by molar-refractivity contribution is -0.127. The second-order valence-electron chi connectivity index (χ2n) is 5.16. The molecule has 7 nitrogen and oxygen atoms in total. The summed E-state index contributed by atoms with van der Waals surface area (Å²) in [5.41, 5.74) is 2.51. The number of aliphatic hydroxyl groups is 1. The van der Waals surface area contributed by atoms with Gasteiger partial charge >= 0.3 is 0 Å². The van der Waals surface area contributed by atoms with Gasteiger partial charge in [-0.2, -0.15) is 5.10 Å². The van der Waals surface area contributed by atoms with E-state index in [0.717, 1.165) is 0 Å². The van der Waals surface area contributed by atoms with E-state index in [4.69, 9.17) is 0 Å². The molecule has 1 aliphatic heterocycles. The SMILES string of the molecule is O=C(N/N=C1\C(=O)N(CO)C2C=CC=CC12)c1ccccc1O. The zero-order valence-corrected chi connectivity index (χ0v) is 12.1. The lowest BCUT2D eigenvalue weighted by Crippen LogP contribution is -2.35. The summed E-state index contributed by atoms with van der Waals surface area (Å²) in [5.74, 6) is -1.54. The van der Waals surface area contributed by atoms with E-state index in [-0.39, 0.29) is 29.0 Å². The monoisotopic (exact) mass is 313 g/mol. The van der Waals surface area contributed by atoms with Crippen LogP contribution in [-0.4, -0.2) is 45.4 Å². The highest BCUT2D eigenvalue weighted by atomic mass is 16.3. The van der Waals surface area contributed by atoms with Crippen LogP contribution in [0.25, 0.3) is 0 Å². The van der Waals surface area contributed by atoms with Crippen LogP contribution >= 0.6 is 0 Å². The van der Waals surface area contributed by atoms with Crippen LogP contribution in [0, 0.1) is 5.92 Å². The number of allylic oxidation sites excluding steroid dienone is 2.